The van der Waals surface area contributed by atoms with Crippen LogP contribution in [0, 0.1) is 12.7 Å². The molecule has 0 bridgehead atoms. The zero-order valence-electron chi connectivity index (χ0n) is 13.8. The van der Waals surface area contributed by atoms with Crippen LogP contribution in [-0.4, -0.2) is 20.2 Å². The molecule has 0 atom stereocenters. The van der Waals surface area contributed by atoms with E-state index < -0.39 is 0 Å². The standard InChI is InChI=1S/C17H20FN3O2.HI/c1-11-8-12(4-6-14(11)18)10-20-17(19)21-13-5-7-15(22-2)16(9-13)23-3;/h4-9H,10H2,1-3H3,(H3,19,20,21);1H. The third kappa shape index (κ3) is 5.26. The lowest BCUT2D eigenvalue weighted by Gasteiger charge is -2.11. The van der Waals surface area contributed by atoms with Gasteiger partial charge in [-0.2, -0.15) is 0 Å². The molecule has 2 aromatic carbocycles. The molecule has 130 valence electrons. The fraction of sp³-hybridized carbons (Fsp3) is 0.235. The van der Waals surface area contributed by atoms with Gasteiger partial charge >= 0.3 is 0 Å². The van der Waals surface area contributed by atoms with Gasteiger partial charge in [-0.25, -0.2) is 9.38 Å². The first-order valence-electron chi connectivity index (χ1n) is 7.07. The van der Waals surface area contributed by atoms with E-state index in [1.807, 2.05) is 6.07 Å². The van der Waals surface area contributed by atoms with Crippen LogP contribution >= 0.6 is 24.0 Å². The Balaban J connectivity index is 0.00000288. The van der Waals surface area contributed by atoms with Gasteiger partial charge in [-0.3, -0.25) is 0 Å². The molecule has 0 aliphatic heterocycles. The second-order valence-corrected chi connectivity index (χ2v) is 4.98. The summed E-state index contributed by atoms with van der Waals surface area (Å²) in [6.07, 6.45) is 0. The maximum atomic E-state index is 13.2. The number of ether oxygens (including phenoxy) is 2. The Hall–Kier alpha value is -2.03. The second kappa shape index (κ2) is 9.31. The summed E-state index contributed by atoms with van der Waals surface area (Å²) >= 11 is 0. The first-order valence-corrected chi connectivity index (χ1v) is 7.07. The summed E-state index contributed by atoms with van der Waals surface area (Å²) in [6, 6.07) is 10.2. The normalized spacial score (nSPS) is 10.8. The summed E-state index contributed by atoms with van der Waals surface area (Å²) in [5.41, 5.74) is 8.09. The quantitative estimate of drug-likeness (QED) is 0.419. The Labute approximate surface area is 158 Å². The predicted molar refractivity (Wildman–Crippen MR) is 105 cm³/mol. The highest BCUT2D eigenvalue weighted by Crippen LogP contribution is 2.29. The topological polar surface area (TPSA) is 68.9 Å². The number of anilines is 1. The van der Waals surface area contributed by atoms with Crippen LogP contribution in [0.1, 0.15) is 11.1 Å². The van der Waals surface area contributed by atoms with E-state index in [-0.39, 0.29) is 35.8 Å². The fourth-order valence-electron chi connectivity index (χ4n) is 2.08. The lowest BCUT2D eigenvalue weighted by Crippen LogP contribution is -2.22. The van der Waals surface area contributed by atoms with Crippen molar-refractivity contribution in [1.29, 1.82) is 0 Å². The molecular formula is C17H21FIN3O2. The molecule has 0 heterocycles. The van der Waals surface area contributed by atoms with Gasteiger partial charge < -0.3 is 20.5 Å². The maximum Gasteiger partial charge on any atom is 0.193 e. The molecule has 5 nitrogen and oxygen atoms in total. The summed E-state index contributed by atoms with van der Waals surface area (Å²) < 4.78 is 23.6. The first kappa shape index (κ1) is 20.0. The summed E-state index contributed by atoms with van der Waals surface area (Å²) in [5, 5.41) is 2.98. The Morgan fingerprint density at radius 3 is 2.46 bits per heavy atom. The Morgan fingerprint density at radius 2 is 1.83 bits per heavy atom. The van der Waals surface area contributed by atoms with E-state index in [1.165, 1.54) is 6.07 Å². The van der Waals surface area contributed by atoms with Crippen molar-refractivity contribution >= 4 is 35.6 Å². The summed E-state index contributed by atoms with van der Waals surface area (Å²) in [4.78, 5) is 4.25. The monoisotopic (exact) mass is 445 g/mol. The van der Waals surface area contributed by atoms with Crippen LogP contribution in [-0.2, 0) is 6.54 Å². The number of rotatable bonds is 5. The molecule has 0 aliphatic rings. The molecule has 7 heteroatoms. The van der Waals surface area contributed by atoms with Crippen LogP contribution in [0.15, 0.2) is 41.4 Å². The molecular weight excluding hydrogens is 424 g/mol. The Bertz CT molecular complexity index is 723. The highest BCUT2D eigenvalue weighted by Gasteiger charge is 2.05. The van der Waals surface area contributed by atoms with Gasteiger partial charge in [0.25, 0.3) is 0 Å². The molecule has 0 unspecified atom stereocenters. The average molecular weight is 445 g/mol. The molecule has 0 radical (unpaired) electrons. The van der Waals surface area contributed by atoms with Crippen molar-refractivity contribution in [3.63, 3.8) is 0 Å². The number of aryl methyl sites for hydroxylation is 1. The Kier molecular flexibility index (Phi) is 7.76. The highest BCUT2D eigenvalue weighted by molar-refractivity contribution is 14.0. The average Bonchev–Trinajstić information content (AvgIpc) is 2.55. The molecule has 2 rings (SSSR count). The molecule has 0 aromatic heterocycles. The van der Waals surface area contributed by atoms with Crippen LogP contribution in [0.4, 0.5) is 10.1 Å². The first-order chi connectivity index (χ1) is 11.0. The number of methoxy groups -OCH3 is 2. The summed E-state index contributed by atoms with van der Waals surface area (Å²) in [7, 11) is 3.14. The van der Waals surface area contributed by atoms with E-state index in [4.69, 9.17) is 15.2 Å². The van der Waals surface area contributed by atoms with Gasteiger partial charge in [0, 0.05) is 11.8 Å². The van der Waals surface area contributed by atoms with E-state index in [0.717, 1.165) is 11.3 Å². The minimum Gasteiger partial charge on any atom is -0.493 e. The van der Waals surface area contributed by atoms with Crippen LogP contribution in [0.5, 0.6) is 11.5 Å². The molecule has 0 saturated carbocycles. The number of nitrogens with two attached hydrogens (primary N) is 1. The smallest absolute Gasteiger partial charge is 0.193 e. The van der Waals surface area contributed by atoms with E-state index in [0.29, 0.717) is 23.6 Å². The zero-order valence-corrected chi connectivity index (χ0v) is 16.1. The molecule has 0 aliphatic carbocycles. The van der Waals surface area contributed by atoms with Crippen molar-refractivity contribution in [2.75, 3.05) is 19.5 Å². The number of hydrogen-bond acceptors (Lipinski definition) is 3. The van der Waals surface area contributed by atoms with E-state index in [2.05, 4.69) is 10.3 Å². The minimum absolute atomic E-state index is 0. The SMILES string of the molecule is COc1ccc(NC(N)=NCc2ccc(F)c(C)c2)cc1OC.I. The van der Waals surface area contributed by atoms with Crippen molar-refractivity contribution < 1.29 is 13.9 Å². The van der Waals surface area contributed by atoms with Gasteiger partial charge in [-0.1, -0.05) is 12.1 Å². The maximum absolute atomic E-state index is 13.2. The van der Waals surface area contributed by atoms with E-state index in [9.17, 15) is 4.39 Å². The van der Waals surface area contributed by atoms with Crippen molar-refractivity contribution in [2.24, 2.45) is 10.7 Å². The van der Waals surface area contributed by atoms with Crippen LogP contribution in [0.25, 0.3) is 0 Å². The zero-order chi connectivity index (χ0) is 16.8. The number of aliphatic imine (C=N–C) groups is 1. The molecule has 2 aromatic rings. The molecule has 0 fully saturated rings. The number of benzene rings is 2. The lowest BCUT2D eigenvalue weighted by atomic mass is 10.1. The lowest BCUT2D eigenvalue weighted by molar-refractivity contribution is 0.355. The van der Waals surface area contributed by atoms with Gasteiger partial charge in [-0.15, -0.1) is 24.0 Å². The van der Waals surface area contributed by atoms with Crippen molar-refractivity contribution in [3.05, 3.63) is 53.3 Å². The van der Waals surface area contributed by atoms with Gasteiger partial charge in [0.2, 0.25) is 0 Å². The van der Waals surface area contributed by atoms with Crippen molar-refractivity contribution in [2.45, 2.75) is 13.5 Å². The molecule has 0 spiro atoms. The van der Waals surface area contributed by atoms with Crippen molar-refractivity contribution in [3.8, 4) is 11.5 Å². The molecule has 0 saturated heterocycles. The number of guanidine groups is 1. The minimum atomic E-state index is -0.228. The highest BCUT2D eigenvalue weighted by atomic mass is 127. The van der Waals surface area contributed by atoms with E-state index in [1.54, 1.807) is 45.4 Å². The molecule has 0 amide bonds. The third-order valence-electron chi connectivity index (χ3n) is 3.31. The van der Waals surface area contributed by atoms with Gasteiger partial charge in [0.05, 0.1) is 20.8 Å². The summed E-state index contributed by atoms with van der Waals surface area (Å²) in [5.74, 6) is 1.27. The number of nitrogens with zero attached hydrogens (tertiary/aromatic N) is 1. The van der Waals surface area contributed by atoms with Crippen LogP contribution in [0.2, 0.25) is 0 Å². The molecule has 3 N–H and O–H groups in total. The number of nitrogens with one attached hydrogen (secondary N) is 1. The van der Waals surface area contributed by atoms with E-state index >= 15 is 0 Å². The largest absolute Gasteiger partial charge is 0.493 e. The molecule has 24 heavy (non-hydrogen) atoms. The van der Waals surface area contributed by atoms with Gasteiger partial charge in [-0.05, 0) is 36.2 Å². The van der Waals surface area contributed by atoms with Crippen LogP contribution in [0.3, 0.4) is 0 Å². The summed E-state index contributed by atoms with van der Waals surface area (Å²) in [6.45, 7) is 2.08. The fourth-order valence-corrected chi connectivity index (χ4v) is 2.08. The van der Waals surface area contributed by atoms with Gasteiger partial charge in [0.15, 0.2) is 17.5 Å². The second-order valence-electron chi connectivity index (χ2n) is 4.98. The predicted octanol–water partition coefficient (Wildman–Crippen LogP) is 3.70. The van der Waals surface area contributed by atoms with Crippen molar-refractivity contribution in [1.82, 2.24) is 0 Å². The number of hydrogen-bond donors (Lipinski definition) is 2. The van der Waals surface area contributed by atoms with Gasteiger partial charge in [0.1, 0.15) is 5.82 Å². The third-order valence-corrected chi connectivity index (χ3v) is 3.31. The Morgan fingerprint density at radius 1 is 1.12 bits per heavy atom. The number of halogens is 2. The van der Waals surface area contributed by atoms with Crippen LogP contribution < -0.4 is 20.5 Å².